The minimum Gasteiger partial charge on any atom is -0.493 e. The van der Waals surface area contributed by atoms with E-state index in [2.05, 4.69) is 12.1 Å². The topological polar surface area (TPSA) is 31.4 Å². The molecule has 3 aromatic rings. The Labute approximate surface area is 134 Å². The van der Waals surface area contributed by atoms with Crippen LogP contribution in [0.2, 0.25) is 0 Å². The highest BCUT2D eigenvalue weighted by Gasteiger charge is 2.17. The van der Waals surface area contributed by atoms with Crippen LogP contribution in [0.25, 0.3) is 21.0 Å². The van der Waals surface area contributed by atoms with E-state index in [-0.39, 0.29) is 0 Å². The minimum absolute atomic E-state index is 0.717. The highest BCUT2D eigenvalue weighted by molar-refractivity contribution is 7.18. The zero-order valence-electron chi connectivity index (χ0n) is 12.8. The minimum atomic E-state index is 0.717. The summed E-state index contributed by atoms with van der Waals surface area (Å²) >= 11 is 1.67. The van der Waals surface area contributed by atoms with E-state index in [1.807, 2.05) is 43.3 Å². The first-order valence-electron chi connectivity index (χ1n) is 6.98. The Balaban J connectivity index is 2.11. The van der Waals surface area contributed by atoms with Gasteiger partial charge in [0.15, 0.2) is 11.5 Å². The van der Waals surface area contributed by atoms with Gasteiger partial charge < -0.3 is 9.47 Å². The second-order valence-corrected chi connectivity index (χ2v) is 5.84. The summed E-state index contributed by atoms with van der Waals surface area (Å²) in [5, 5.41) is 0.937. The molecule has 2 aromatic carbocycles. The fourth-order valence-electron chi connectivity index (χ4n) is 2.42. The first-order valence-corrected chi connectivity index (χ1v) is 7.80. The molecule has 0 aliphatic rings. The molecule has 0 amide bonds. The first kappa shape index (κ1) is 14.6. The molecule has 22 heavy (non-hydrogen) atoms. The van der Waals surface area contributed by atoms with Crippen LogP contribution in [0.4, 0.5) is 0 Å². The van der Waals surface area contributed by atoms with Crippen molar-refractivity contribution in [1.29, 1.82) is 0 Å². The molecule has 4 heteroatoms. The van der Waals surface area contributed by atoms with E-state index >= 15 is 0 Å². The van der Waals surface area contributed by atoms with E-state index in [0.717, 1.165) is 22.0 Å². The molecule has 0 atom stereocenters. The predicted octanol–water partition coefficient (Wildman–Crippen LogP) is 4.80. The molecular weight excluding hydrogens is 294 g/mol. The molecule has 0 N–H and O–H groups in total. The molecule has 0 unspecified atom stereocenters. The van der Waals surface area contributed by atoms with E-state index in [0.29, 0.717) is 5.75 Å². The number of aromatic nitrogens is 1. The Kier molecular flexibility index (Phi) is 4.11. The van der Waals surface area contributed by atoms with Crippen molar-refractivity contribution in [1.82, 2.24) is 4.98 Å². The van der Waals surface area contributed by atoms with Crippen molar-refractivity contribution < 1.29 is 9.47 Å². The fourth-order valence-corrected chi connectivity index (χ4v) is 3.52. The van der Waals surface area contributed by atoms with Gasteiger partial charge >= 0.3 is 0 Å². The van der Waals surface area contributed by atoms with Gasteiger partial charge in [0, 0.05) is 0 Å². The zero-order valence-corrected chi connectivity index (χ0v) is 13.6. The number of rotatable bonds is 4. The lowest BCUT2D eigenvalue weighted by Crippen LogP contribution is -1.92. The Morgan fingerprint density at radius 3 is 2.36 bits per heavy atom. The SMILES string of the molecule is COc1cccc(-c2nc(C)c(-c3ccccc3)s2)c1OC. The van der Waals surface area contributed by atoms with Crippen LogP contribution >= 0.6 is 11.3 Å². The van der Waals surface area contributed by atoms with Crippen LogP contribution in [0.1, 0.15) is 5.69 Å². The molecule has 0 fully saturated rings. The Morgan fingerprint density at radius 1 is 0.909 bits per heavy atom. The molecule has 0 bridgehead atoms. The normalized spacial score (nSPS) is 10.5. The lowest BCUT2D eigenvalue weighted by molar-refractivity contribution is 0.356. The van der Waals surface area contributed by atoms with E-state index < -0.39 is 0 Å². The zero-order chi connectivity index (χ0) is 15.5. The maximum Gasteiger partial charge on any atom is 0.170 e. The molecule has 3 rings (SSSR count). The van der Waals surface area contributed by atoms with Crippen molar-refractivity contribution in [2.24, 2.45) is 0 Å². The lowest BCUT2D eigenvalue weighted by atomic mass is 10.1. The monoisotopic (exact) mass is 311 g/mol. The van der Waals surface area contributed by atoms with Crippen LogP contribution < -0.4 is 9.47 Å². The van der Waals surface area contributed by atoms with Gasteiger partial charge in [0.05, 0.1) is 30.4 Å². The first-order chi connectivity index (χ1) is 10.7. The molecule has 0 aliphatic carbocycles. The standard InChI is InChI=1S/C18H17NO2S/c1-12-17(13-8-5-4-6-9-13)22-18(19-12)14-10-7-11-15(20-2)16(14)21-3/h4-11H,1-3H3. The average molecular weight is 311 g/mol. The highest BCUT2D eigenvalue weighted by atomic mass is 32.1. The van der Waals surface area contributed by atoms with Crippen molar-refractivity contribution in [2.75, 3.05) is 14.2 Å². The number of methoxy groups -OCH3 is 2. The van der Waals surface area contributed by atoms with Crippen LogP contribution in [0.5, 0.6) is 11.5 Å². The number of benzene rings is 2. The van der Waals surface area contributed by atoms with E-state index in [1.54, 1.807) is 25.6 Å². The summed E-state index contributed by atoms with van der Waals surface area (Å²) in [5.74, 6) is 1.44. The summed E-state index contributed by atoms with van der Waals surface area (Å²) in [7, 11) is 3.30. The van der Waals surface area contributed by atoms with Crippen LogP contribution in [-0.2, 0) is 0 Å². The fraction of sp³-hybridized carbons (Fsp3) is 0.167. The summed E-state index contributed by atoms with van der Waals surface area (Å²) in [6.07, 6.45) is 0. The maximum atomic E-state index is 5.52. The average Bonchev–Trinajstić information content (AvgIpc) is 2.96. The lowest BCUT2D eigenvalue weighted by Gasteiger charge is -2.10. The van der Waals surface area contributed by atoms with E-state index in [1.165, 1.54) is 10.4 Å². The smallest absolute Gasteiger partial charge is 0.170 e. The second-order valence-electron chi connectivity index (χ2n) is 4.84. The third kappa shape index (κ3) is 2.57. The molecule has 112 valence electrons. The van der Waals surface area contributed by atoms with Gasteiger partial charge in [0.2, 0.25) is 0 Å². The maximum absolute atomic E-state index is 5.52. The van der Waals surface area contributed by atoms with Gasteiger partial charge in [0.1, 0.15) is 5.01 Å². The molecule has 0 aliphatic heterocycles. The molecule has 0 saturated carbocycles. The van der Waals surface area contributed by atoms with E-state index in [4.69, 9.17) is 14.5 Å². The Hall–Kier alpha value is -2.33. The van der Waals surface area contributed by atoms with Crippen molar-refractivity contribution in [2.45, 2.75) is 6.92 Å². The van der Waals surface area contributed by atoms with Crippen LogP contribution in [-0.4, -0.2) is 19.2 Å². The third-order valence-corrected chi connectivity index (χ3v) is 4.71. The number of thiazole rings is 1. The number of hydrogen-bond acceptors (Lipinski definition) is 4. The van der Waals surface area contributed by atoms with Gasteiger partial charge in [-0.2, -0.15) is 0 Å². The molecule has 0 saturated heterocycles. The van der Waals surface area contributed by atoms with Gasteiger partial charge in [-0.15, -0.1) is 11.3 Å². The van der Waals surface area contributed by atoms with Crippen molar-refractivity contribution in [3.8, 4) is 32.5 Å². The second kappa shape index (κ2) is 6.20. The van der Waals surface area contributed by atoms with Gasteiger partial charge in [-0.05, 0) is 24.6 Å². The predicted molar refractivity (Wildman–Crippen MR) is 90.8 cm³/mol. The molecule has 3 nitrogen and oxygen atoms in total. The number of ether oxygens (including phenoxy) is 2. The van der Waals surface area contributed by atoms with Crippen molar-refractivity contribution >= 4 is 11.3 Å². The molecule has 1 heterocycles. The Bertz CT molecular complexity index is 781. The van der Waals surface area contributed by atoms with Crippen molar-refractivity contribution in [3.05, 3.63) is 54.2 Å². The summed E-state index contributed by atoms with van der Waals surface area (Å²) in [6, 6.07) is 16.2. The molecule has 0 radical (unpaired) electrons. The quantitative estimate of drug-likeness (QED) is 0.693. The highest BCUT2D eigenvalue weighted by Crippen LogP contribution is 2.42. The molecule has 0 spiro atoms. The summed E-state index contributed by atoms with van der Waals surface area (Å²) in [5.41, 5.74) is 3.17. The number of aryl methyl sites for hydroxylation is 1. The number of hydrogen-bond donors (Lipinski definition) is 0. The molecular formula is C18H17NO2S. The summed E-state index contributed by atoms with van der Waals surface area (Å²) in [4.78, 5) is 5.91. The third-order valence-electron chi connectivity index (χ3n) is 3.47. The largest absolute Gasteiger partial charge is 0.493 e. The van der Waals surface area contributed by atoms with Gasteiger partial charge in [-0.1, -0.05) is 36.4 Å². The van der Waals surface area contributed by atoms with Crippen LogP contribution in [0.3, 0.4) is 0 Å². The van der Waals surface area contributed by atoms with Gasteiger partial charge in [0.25, 0.3) is 0 Å². The Morgan fingerprint density at radius 2 is 1.68 bits per heavy atom. The van der Waals surface area contributed by atoms with Gasteiger partial charge in [-0.3, -0.25) is 0 Å². The summed E-state index contributed by atoms with van der Waals surface area (Å²) < 4.78 is 10.9. The van der Waals surface area contributed by atoms with Crippen LogP contribution in [0, 0.1) is 6.92 Å². The number of para-hydroxylation sites is 1. The van der Waals surface area contributed by atoms with E-state index in [9.17, 15) is 0 Å². The van der Waals surface area contributed by atoms with Gasteiger partial charge in [-0.25, -0.2) is 4.98 Å². The van der Waals surface area contributed by atoms with Crippen LogP contribution in [0.15, 0.2) is 48.5 Å². The summed E-state index contributed by atoms with van der Waals surface area (Å²) in [6.45, 7) is 2.04. The number of nitrogens with zero attached hydrogens (tertiary/aromatic N) is 1. The van der Waals surface area contributed by atoms with Crippen molar-refractivity contribution in [3.63, 3.8) is 0 Å². The molecule has 1 aromatic heterocycles.